The lowest BCUT2D eigenvalue weighted by Crippen LogP contribution is -2.08. The Morgan fingerprint density at radius 2 is 1.20 bits per heavy atom. The first-order valence-electron chi connectivity index (χ1n) is 9.10. The molecule has 154 valence electrons. The molecule has 0 bridgehead atoms. The van der Waals surface area contributed by atoms with Crippen LogP contribution in [-0.4, -0.2) is 42.9 Å². The number of sulfone groups is 1. The van der Waals surface area contributed by atoms with Gasteiger partial charge in [-0.05, 0) is 47.0 Å². The quantitative estimate of drug-likeness (QED) is 0.524. The van der Waals surface area contributed by atoms with Gasteiger partial charge >= 0.3 is 0 Å². The lowest BCUT2D eigenvalue weighted by Gasteiger charge is -2.16. The van der Waals surface area contributed by atoms with Crippen molar-refractivity contribution in [1.82, 2.24) is 0 Å². The van der Waals surface area contributed by atoms with Crippen LogP contribution in [0.1, 0.15) is 11.1 Å². The van der Waals surface area contributed by atoms with Crippen molar-refractivity contribution in [2.45, 2.75) is 0 Å². The lowest BCUT2D eigenvalue weighted by atomic mass is 9.95. The van der Waals surface area contributed by atoms with Gasteiger partial charge in [0.15, 0.2) is 14.7 Å². The van der Waals surface area contributed by atoms with Gasteiger partial charge in [0.25, 0.3) is 0 Å². The van der Waals surface area contributed by atoms with E-state index in [4.69, 9.17) is 0 Å². The van der Waals surface area contributed by atoms with Crippen molar-refractivity contribution in [3.63, 3.8) is 0 Å². The molecule has 2 aromatic carbocycles. The minimum atomic E-state index is -3.83. The minimum Gasteiger partial charge on any atom is -0.378 e. The Morgan fingerprint density at radius 1 is 0.800 bits per heavy atom. The van der Waals surface area contributed by atoms with Crippen molar-refractivity contribution in [2.75, 3.05) is 44.2 Å². The Balaban J connectivity index is 2.76. The summed E-state index contributed by atoms with van der Waals surface area (Å²) >= 11 is 0. The number of hydrogen-bond donors (Lipinski definition) is 0. The van der Waals surface area contributed by atoms with Crippen LogP contribution in [0.3, 0.4) is 0 Å². The van der Waals surface area contributed by atoms with Crippen molar-refractivity contribution >= 4 is 26.8 Å². The second-order valence-corrected chi connectivity index (χ2v) is 9.13. The Morgan fingerprint density at radius 3 is 1.47 bits per heavy atom. The molecule has 2 aromatic rings. The predicted molar refractivity (Wildman–Crippen MR) is 122 cm³/mol. The highest BCUT2D eigenvalue weighted by molar-refractivity contribution is 7.94. The normalized spacial score (nSPS) is 11.6. The lowest BCUT2D eigenvalue weighted by molar-refractivity contribution is 0.608. The molecule has 0 unspecified atom stereocenters. The highest BCUT2D eigenvalue weighted by Gasteiger charge is 2.18. The molecule has 0 heterocycles. The molecule has 0 saturated heterocycles. The van der Waals surface area contributed by atoms with Gasteiger partial charge in [0, 0.05) is 45.8 Å². The molecular formula is C23H24N4O2S. The number of anilines is 2. The van der Waals surface area contributed by atoms with Gasteiger partial charge in [-0.2, -0.15) is 10.5 Å². The van der Waals surface area contributed by atoms with E-state index in [1.165, 1.54) is 6.08 Å². The van der Waals surface area contributed by atoms with Crippen LogP contribution in [-0.2, 0) is 9.84 Å². The van der Waals surface area contributed by atoms with Crippen LogP contribution in [0.15, 0.2) is 65.1 Å². The summed E-state index contributed by atoms with van der Waals surface area (Å²) in [4.78, 5) is 3.39. The fourth-order valence-electron chi connectivity index (χ4n) is 2.85. The third-order valence-electron chi connectivity index (χ3n) is 4.52. The van der Waals surface area contributed by atoms with Crippen LogP contribution in [0.25, 0.3) is 5.57 Å². The first kappa shape index (κ1) is 22.7. The summed E-state index contributed by atoms with van der Waals surface area (Å²) in [5.41, 5.74) is 4.08. The molecule has 0 aliphatic rings. The third kappa shape index (κ3) is 5.28. The van der Waals surface area contributed by atoms with Crippen LogP contribution < -0.4 is 9.80 Å². The summed E-state index contributed by atoms with van der Waals surface area (Å²) in [5, 5.41) is 18.9. The van der Waals surface area contributed by atoms with E-state index >= 15 is 0 Å². The van der Waals surface area contributed by atoms with Crippen molar-refractivity contribution in [2.24, 2.45) is 0 Å². The van der Waals surface area contributed by atoms with Gasteiger partial charge in [-0.25, -0.2) is 8.42 Å². The maximum absolute atomic E-state index is 12.0. The largest absolute Gasteiger partial charge is 0.378 e. The van der Waals surface area contributed by atoms with Gasteiger partial charge < -0.3 is 9.80 Å². The first-order chi connectivity index (χ1) is 14.1. The van der Waals surface area contributed by atoms with Gasteiger partial charge in [-0.3, -0.25) is 0 Å². The van der Waals surface area contributed by atoms with E-state index in [0.717, 1.165) is 28.8 Å². The molecule has 2 rings (SSSR count). The van der Waals surface area contributed by atoms with E-state index in [9.17, 15) is 18.9 Å². The fourth-order valence-corrected chi connectivity index (χ4v) is 3.52. The molecular weight excluding hydrogens is 396 g/mol. The molecule has 0 saturated carbocycles. The average Bonchev–Trinajstić information content (AvgIpc) is 2.70. The van der Waals surface area contributed by atoms with Crippen LogP contribution in [0.4, 0.5) is 11.4 Å². The van der Waals surface area contributed by atoms with Crippen LogP contribution >= 0.6 is 0 Å². The number of nitrogens with zero attached hydrogens (tertiary/aromatic N) is 4. The highest BCUT2D eigenvalue weighted by Crippen LogP contribution is 2.29. The molecule has 7 heteroatoms. The van der Waals surface area contributed by atoms with E-state index in [0.29, 0.717) is 5.57 Å². The van der Waals surface area contributed by atoms with Crippen molar-refractivity contribution in [3.05, 3.63) is 76.2 Å². The molecule has 0 aliphatic heterocycles. The van der Waals surface area contributed by atoms with E-state index < -0.39 is 14.7 Å². The van der Waals surface area contributed by atoms with Gasteiger partial charge in [0.1, 0.15) is 12.1 Å². The Kier molecular flexibility index (Phi) is 7.05. The van der Waals surface area contributed by atoms with Gasteiger partial charge in [0.05, 0.1) is 5.57 Å². The molecule has 6 nitrogen and oxygen atoms in total. The molecule has 0 radical (unpaired) electrons. The third-order valence-corrected chi connectivity index (χ3v) is 5.57. The Bertz CT molecular complexity index is 1110. The first-order valence-corrected chi connectivity index (χ1v) is 11.0. The van der Waals surface area contributed by atoms with Crippen LogP contribution in [0.5, 0.6) is 0 Å². The van der Waals surface area contributed by atoms with Crippen LogP contribution in [0, 0.1) is 22.7 Å². The number of allylic oxidation sites excluding steroid dienone is 3. The van der Waals surface area contributed by atoms with Crippen molar-refractivity contribution < 1.29 is 8.42 Å². The summed E-state index contributed by atoms with van der Waals surface area (Å²) in [7, 11) is 3.92. The molecule has 30 heavy (non-hydrogen) atoms. The van der Waals surface area contributed by atoms with E-state index in [-0.39, 0.29) is 5.57 Å². The minimum absolute atomic E-state index is 0.191. The fraction of sp³-hybridized carbons (Fsp3) is 0.217. The monoisotopic (exact) mass is 420 g/mol. The van der Waals surface area contributed by atoms with Gasteiger partial charge in [-0.1, -0.05) is 24.3 Å². The molecule has 0 N–H and O–H groups in total. The zero-order valence-corrected chi connectivity index (χ0v) is 18.5. The molecule has 0 fully saturated rings. The average molecular weight is 421 g/mol. The maximum Gasteiger partial charge on any atom is 0.186 e. The maximum atomic E-state index is 12.0. The smallest absolute Gasteiger partial charge is 0.186 e. The molecule has 0 aromatic heterocycles. The number of benzene rings is 2. The highest BCUT2D eigenvalue weighted by atomic mass is 32.2. The van der Waals surface area contributed by atoms with E-state index in [2.05, 4.69) is 0 Å². The second-order valence-electron chi connectivity index (χ2n) is 7.18. The summed E-state index contributed by atoms with van der Waals surface area (Å²) < 4.78 is 24.0. The molecule has 0 atom stereocenters. The zero-order valence-electron chi connectivity index (χ0n) is 17.7. The predicted octanol–water partition coefficient (Wildman–Crippen LogP) is 3.60. The zero-order chi connectivity index (χ0) is 22.5. The number of hydrogen-bond acceptors (Lipinski definition) is 6. The van der Waals surface area contributed by atoms with E-state index in [1.807, 2.05) is 92.6 Å². The van der Waals surface area contributed by atoms with Crippen molar-refractivity contribution in [3.8, 4) is 12.1 Å². The number of rotatable bonds is 6. The topological polar surface area (TPSA) is 88.2 Å². The SMILES string of the molecule is CN(C)c1ccc(C(=C/C(C#N)=C(\C#N)S(C)(=O)=O)c2ccc(N(C)C)cc2)cc1. The molecule has 0 spiro atoms. The summed E-state index contributed by atoms with van der Waals surface area (Å²) in [6.07, 6.45) is 2.39. The van der Waals surface area contributed by atoms with Crippen LogP contribution in [0.2, 0.25) is 0 Å². The summed E-state index contributed by atoms with van der Waals surface area (Å²) in [5.74, 6) is 0. The Hall–Kier alpha value is -3.55. The summed E-state index contributed by atoms with van der Waals surface area (Å²) in [6, 6.07) is 18.9. The summed E-state index contributed by atoms with van der Waals surface area (Å²) in [6.45, 7) is 0. The Labute approximate surface area is 178 Å². The standard InChI is InChI=1S/C23H24N4O2S/c1-26(2)20-10-6-17(7-11-20)22(18-8-12-21(13-9-18)27(3)4)14-19(15-24)23(16-25)30(5,28)29/h6-14H,1-5H3/b23-19-. The van der Waals surface area contributed by atoms with E-state index in [1.54, 1.807) is 6.07 Å². The van der Waals surface area contributed by atoms with Crippen molar-refractivity contribution in [1.29, 1.82) is 10.5 Å². The molecule has 0 amide bonds. The van der Waals surface area contributed by atoms with Gasteiger partial charge in [-0.15, -0.1) is 0 Å². The second kappa shape index (κ2) is 9.30. The van der Waals surface area contributed by atoms with Gasteiger partial charge in [0.2, 0.25) is 0 Å². The molecule has 0 aliphatic carbocycles. The number of nitriles is 2.